The van der Waals surface area contributed by atoms with Crippen molar-refractivity contribution < 1.29 is 8.42 Å². The smallest absolute Gasteiger partial charge is 0.244 e. The van der Waals surface area contributed by atoms with Crippen LogP contribution >= 0.6 is 0 Å². The van der Waals surface area contributed by atoms with Crippen LogP contribution in [0.15, 0.2) is 29.2 Å². The van der Waals surface area contributed by atoms with Crippen molar-refractivity contribution in [3.8, 4) is 6.07 Å². The molecule has 1 aromatic carbocycles. The standard InChI is InChI=1S/C14H19N3O2S/c1-12(2)16-7-9-17(10-8-16)20(18,19)14-6-4-3-5-13(14)11-15/h3-6,12H,7-10H2,1-2H3. The van der Waals surface area contributed by atoms with Gasteiger partial charge in [-0.15, -0.1) is 0 Å². The third-order valence-electron chi connectivity index (χ3n) is 3.63. The highest BCUT2D eigenvalue weighted by Gasteiger charge is 2.30. The summed E-state index contributed by atoms with van der Waals surface area (Å²) >= 11 is 0. The molecule has 6 heteroatoms. The minimum atomic E-state index is -3.57. The molecular formula is C14H19N3O2S. The first-order valence-corrected chi connectivity index (χ1v) is 8.14. The molecule has 0 amide bonds. The topological polar surface area (TPSA) is 64.4 Å². The quantitative estimate of drug-likeness (QED) is 0.842. The number of nitrogens with zero attached hydrogens (tertiary/aromatic N) is 3. The molecule has 0 aliphatic carbocycles. The van der Waals surface area contributed by atoms with E-state index >= 15 is 0 Å². The molecular weight excluding hydrogens is 274 g/mol. The van der Waals surface area contributed by atoms with Crippen LogP contribution in [-0.2, 0) is 10.0 Å². The molecule has 1 aliphatic rings. The van der Waals surface area contributed by atoms with E-state index in [0.717, 1.165) is 13.1 Å². The highest BCUT2D eigenvalue weighted by Crippen LogP contribution is 2.21. The molecule has 0 N–H and O–H groups in total. The van der Waals surface area contributed by atoms with E-state index in [2.05, 4.69) is 18.7 Å². The number of nitriles is 1. The Morgan fingerprint density at radius 3 is 2.30 bits per heavy atom. The lowest BCUT2D eigenvalue weighted by atomic mass is 10.2. The lowest BCUT2D eigenvalue weighted by Crippen LogP contribution is -2.50. The van der Waals surface area contributed by atoms with Gasteiger partial charge in [-0.05, 0) is 26.0 Å². The number of piperazine rings is 1. The Morgan fingerprint density at radius 1 is 1.15 bits per heavy atom. The Labute approximate surface area is 120 Å². The Morgan fingerprint density at radius 2 is 1.75 bits per heavy atom. The van der Waals surface area contributed by atoms with Gasteiger partial charge in [0, 0.05) is 32.2 Å². The zero-order valence-electron chi connectivity index (χ0n) is 11.8. The molecule has 108 valence electrons. The first-order chi connectivity index (χ1) is 9.46. The first-order valence-electron chi connectivity index (χ1n) is 6.70. The lowest BCUT2D eigenvalue weighted by Gasteiger charge is -2.36. The molecule has 0 unspecified atom stereocenters. The molecule has 0 bridgehead atoms. The average molecular weight is 293 g/mol. The largest absolute Gasteiger partial charge is 0.298 e. The van der Waals surface area contributed by atoms with E-state index in [0.29, 0.717) is 19.1 Å². The van der Waals surface area contributed by atoms with Gasteiger partial charge in [-0.3, -0.25) is 4.90 Å². The summed E-state index contributed by atoms with van der Waals surface area (Å²) in [6, 6.07) is 8.74. The molecule has 1 aromatic rings. The molecule has 0 radical (unpaired) electrons. The Balaban J connectivity index is 2.23. The van der Waals surface area contributed by atoms with Gasteiger partial charge in [0.25, 0.3) is 0 Å². The van der Waals surface area contributed by atoms with Crippen LogP contribution in [0.1, 0.15) is 19.4 Å². The van der Waals surface area contributed by atoms with Crippen molar-refractivity contribution in [2.45, 2.75) is 24.8 Å². The number of rotatable bonds is 3. The number of hydrogen-bond donors (Lipinski definition) is 0. The number of benzene rings is 1. The Hall–Kier alpha value is -1.42. The highest BCUT2D eigenvalue weighted by molar-refractivity contribution is 7.89. The normalized spacial score (nSPS) is 18.1. The molecule has 1 aliphatic heterocycles. The predicted molar refractivity (Wildman–Crippen MR) is 76.6 cm³/mol. The third-order valence-corrected chi connectivity index (χ3v) is 5.59. The van der Waals surface area contributed by atoms with Crippen LogP contribution in [0.4, 0.5) is 0 Å². The maximum atomic E-state index is 12.6. The monoisotopic (exact) mass is 293 g/mol. The van der Waals surface area contributed by atoms with Crippen LogP contribution < -0.4 is 0 Å². The average Bonchev–Trinajstić information content (AvgIpc) is 2.47. The fourth-order valence-electron chi connectivity index (χ4n) is 2.38. The van der Waals surface area contributed by atoms with E-state index in [-0.39, 0.29) is 10.5 Å². The van der Waals surface area contributed by atoms with Gasteiger partial charge in [-0.2, -0.15) is 9.57 Å². The molecule has 1 fully saturated rings. The Kier molecular flexibility index (Phi) is 4.43. The van der Waals surface area contributed by atoms with Crippen molar-refractivity contribution in [3.63, 3.8) is 0 Å². The summed E-state index contributed by atoms with van der Waals surface area (Å²) in [6.45, 7) is 6.61. The van der Waals surface area contributed by atoms with Crippen molar-refractivity contribution in [3.05, 3.63) is 29.8 Å². The second-order valence-corrected chi connectivity index (χ2v) is 7.05. The van der Waals surface area contributed by atoms with Gasteiger partial charge in [0.2, 0.25) is 10.0 Å². The molecule has 0 saturated carbocycles. The summed E-state index contributed by atoms with van der Waals surface area (Å²) in [5.41, 5.74) is 0.207. The second-order valence-electron chi connectivity index (χ2n) is 5.14. The van der Waals surface area contributed by atoms with Crippen molar-refractivity contribution >= 4 is 10.0 Å². The zero-order chi connectivity index (χ0) is 14.8. The minimum absolute atomic E-state index is 0.112. The van der Waals surface area contributed by atoms with Gasteiger partial charge in [0.15, 0.2) is 0 Å². The molecule has 0 spiro atoms. The van der Waals surface area contributed by atoms with Gasteiger partial charge in [-0.1, -0.05) is 12.1 Å². The van der Waals surface area contributed by atoms with Gasteiger partial charge < -0.3 is 0 Å². The number of hydrogen-bond acceptors (Lipinski definition) is 4. The minimum Gasteiger partial charge on any atom is -0.298 e. The SMILES string of the molecule is CC(C)N1CCN(S(=O)(=O)c2ccccc2C#N)CC1. The van der Waals surface area contributed by atoms with E-state index in [4.69, 9.17) is 5.26 Å². The van der Waals surface area contributed by atoms with Crippen LogP contribution in [0, 0.1) is 11.3 Å². The second kappa shape index (κ2) is 5.92. The molecule has 1 heterocycles. The summed E-state index contributed by atoms with van der Waals surface area (Å²) in [5.74, 6) is 0. The molecule has 5 nitrogen and oxygen atoms in total. The summed E-state index contributed by atoms with van der Waals surface area (Å²) in [7, 11) is -3.57. The molecule has 20 heavy (non-hydrogen) atoms. The summed E-state index contributed by atoms with van der Waals surface area (Å²) in [5, 5.41) is 9.05. The van der Waals surface area contributed by atoms with Crippen LogP contribution in [0.25, 0.3) is 0 Å². The van der Waals surface area contributed by atoms with Crippen molar-refractivity contribution in [1.82, 2.24) is 9.21 Å². The van der Waals surface area contributed by atoms with Crippen molar-refractivity contribution in [1.29, 1.82) is 5.26 Å². The predicted octanol–water partition coefficient (Wildman–Crippen LogP) is 1.27. The fraction of sp³-hybridized carbons (Fsp3) is 0.500. The van der Waals surface area contributed by atoms with Gasteiger partial charge >= 0.3 is 0 Å². The molecule has 0 aromatic heterocycles. The molecule has 2 rings (SSSR count). The van der Waals surface area contributed by atoms with Crippen LogP contribution in [-0.4, -0.2) is 49.8 Å². The maximum Gasteiger partial charge on any atom is 0.244 e. The van der Waals surface area contributed by atoms with Crippen LogP contribution in [0.3, 0.4) is 0 Å². The van der Waals surface area contributed by atoms with Gasteiger partial charge in [0.1, 0.15) is 6.07 Å². The molecule has 0 atom stereocenters. The van der Waals surface area contributed by atoms with Crippen LogP contribution in [0.5, 0.6) is 0 Å². The summed E-state index contributed by atoms with van der Waals surface area (Å²) < 4.78 is 26.7. The van der Waals surface area contributed by atoms with E-state index in [9.17, 15) is 8.42 Å². The van der Waals surface area contributed by atoms with Gasteiger partial charge in [0.05, 0.1) is 10.5 Å². The number of sulfonamides is 1. The summed E-state index contributed by atoms with van der Waals surface area (Å²) in [4.78, 5) is 2.36. The van der Waals surface area contributed by atoms with Crippen molar-refractivity contribution in [2.75, 3.05) is 26.2 Å². The van der Waals surface area contributed by atoms with Gasteiger partial charge in [-0.25, -0.2) is 8.42 Å². The summed E-state index contributed by atoms with van der Waals surface area (Å²) in [6.07, 6.45) is 0. The van der Waals surface area contributed by atoms with E-state index in [1.165, 1.54) is 16.4 Å². The first kappa shape index (κ1) is 15.0. The van der Waals surface area contributed by atoms with Crippen molar-refractivity contribution in [2.24, 2.45) is 0 Å². The zero-order valence-corrected chi connectivity index (χ0v) is 12.6. The Bertz CT molecular complexity index is 612. The van der Waals surface area contributed by atoms with Crippen LogP contribution in [0.2, 0.25) is 0 Å². The fourth-order valence-corrected chi connectivity index (χ4v) is 3.95. The lowest BCUT2D eigenvalue weighted by molar-refractivity contribution is 0.154. The highest BCUT2D eigenvalue weighted by atomic mass is 32.2. The third kappa shape index (κ3) is 2.85. The van der Waals surface area contributed by atoms with E-state index in [1.807, 2.05) is 6.07 Å². The molecule has 1 saturated heterocycles. The maximum absolute atomic E-state index is 12.6. The van der Waals surface area contributed by atoms with E-state index < -0.39 is 10.0 Å². The van der Waals surface area contributed by atoms with E-state index in [1.54, 1.807) is 12.1 Å².